The standard InChI is InChI=1S/C20H26N4O2/c1-19(2,3)18-22-15-14(16(25)23-18)5-8-20(15)7-4-10-24(12-20)17(26)13-6-9-21-11-13/h6,9,11,21H,4-5,7-8,10,12H2,1-3H3,(H,22,23,25). The molecule has 1 amide bonds. The van der Waals surface area contributed by atoms with Crippen molar-refractivity contribution in [2.75, 3.05) is 13.1 Å². The summed E-state index contributed by atoms with van der Waals surface area (Å²) >= 11 is 0. The lowest BCUT2D eigenvalue weighted by Crippen LogP contribution is -2.48. The summed E-state index contributed by atoms with van der Waals surface area (Å²) in [6.07, 6.45) is 7.07. The van der Waals surface area contributed by atoms with Crippen LogP contribution in [0.25, 0.3) is 0 Å². The predicted molar refractivity (Wildman–Crippen MR) is 99.5 cm³/mol. The maximum Gasteiger partial charge on any atom is 0.255 e. The molecule has 4 rings (SSSR count). The maximum atomic E-state index is 12.8. The molecule has 2 aromatic heterocycles. The Bertz CT molecular complexity index is 892. The second-order valence-corrected chi connectivity index (χ2v) is 8.70. The molecular formula is C20H26N4O2. The zero-order valence-corrected chi connectivity index (χ0v) is 15.7. The highest BCUT2D eigenvalue weighted by Gasteiger charge is 2.46. The van der Waals surface area contributed by atoms with Gasteiger partial charge in [0.05, 0.1) is 11.3 Å². The normalized spacial score (nSPS) is 22.7. The number of hydrogen-bond acceptors (Lipinski definition) is 3. The first-order chi connectivity index (χ1) is 12.3. The van der Waals surface area contributed by atoms with E-state index in [-0.39, 0.29) is 22.3 Å². The molecule has 0 bridgehead atoms. The van der Waals surface area contributed by atoms with Crippen LogP contribution in [0.3, 0.4) is 0 Å². The van der Waals surface area contributed by atoms with Crippen molar-refractivity contribution < 1.29 is 4.79 Å². The van der Waals surface area contributed by atoms with Gasteiger partial charge in [0.25, 0.3) is 11.5 Å². The molecule has 1 atom stereocenters. The van der Waals surface area contributed by atoms with Gasteiger partial charge in [-0.3, -0.25) is 9.59 Å². The molecule has 0 aromatic carbocycles. The van der Waals surface area contributed by atoms with Gasteiger partial charge in [-0.25, -0.2) is 4.98 Å². The van der Waals surface area contributed by atoms with Crippen LogP contribution < -0.4 is 5.56 Å². The van der Waals surface area contributed by atoms with Gasteiger partial charge in [-0.05, 0) is 31.7 Å². The summed E-state index contributed by atoms with van der Waals surface area (Å²) in [5.74, 6) is 0.788. The van der Waals surface area contributed by atoms with Crippen molar-refractivity contribution in [3.8, 4) is 0 Å². The first kappa shape index (κ1) is 17.1. The molecule has 0 saturated carbocycles. The third kappa shape index (κ3) is 2.68. The van der Waals surface area contributed by atoms with E-state index in [1.165, 1.54) is 0 Å². The van der Waals surface area contributed by atoms with Crippen LogP contribution in [0.1, 0.15) is 67.5 Å². The van der Waals surface area contributed by atoms with Gasteiger partial charge in [0, 0.05) is 41.9 Å². The minimum absolute atomic E-state index is 0.00844. The van der Waals surface area contributed by atoms with Crippen LogP contribution in [0.2, 0.25) is 0 Å². The monoisotopic (exact) mass is 354 g/mol. The van der Waals surface area contributed by atoms with Crippen LogP contribution in [-0.4, -0.2) is 38.8 Å². The number of nitrogens with one attached hydrogen (secondary N) is 2. The highest BCUT2D eigenvalue weighted by molar-refractivity contribution is 5.94. The molecule has 2 aromatic rings. The number of piperidine rings is 1. The lowest BCUT2D eigenvalue weighted by molar-refractivity contribution is 0.0633. The molecule has 1 unspecified atom stereocenters. The molecule has 1 spiro atoms. The Morgan fingerprint density at radius 1 is 1.31 bits per heavy atom. The van der Waals surface area contributed by atoms with Crippen molar-refractivity contribution in [1.82, 2.24) is 19.9 Å². The summed E-state index contributed by atoms with van der Waals surface area (Å²) in [5.41, 5.74) is 2.02. The second kappa shape index (κ2) is 5.83. The van der Waals surface area contributed by atoms with Crippen LogP contribution in [-0.2, 0) is 17.3 Å². The summed E-state index contributed by atoms with van der Waals surface area (Å²) in [7, 11) is 0. The van der Waals surface area contributed by atoms with Crippen molar-refractivity contribution >= 4 is 5.91 Å². The molecule has 2 aliphatic rings. The highest BCUT2D eigenvalue weighted by atomic mass is 16.2. The van der Waals surface area contributed by atoms with E-state index in [2.05, 4.69) is 30.7 Å². The van der Waals surface area contributed by atoms with Crippen LogP contribution >= 0.6 is 0 Å². The van der Waals surface area contributed by atoms with Crippen molar-refractivity contribution in [2.24, 2.45) is 0 Å². The van der Waals surface area contributed by atoms with Crippen LogP contribution in [0.15, 0.2) is 23.3 Å². The zero-order valence-electron chi connectivity index (χ0n) is 15.7. The SMILES string of the molecule is CC(C)(C)c1nc2c(c(=O)[nH]1)CCC21CCCN(C(=O)c2cc[nH]c2)C1. The van der Waals surface area contributed by atoms with E-state index < -0.39 is 0 Å². The summed E-state index contributed by atoms with van der Waals surface area (Å²) in [4.78, 5) is 38.2. The molecular weight excluding hydrogens is 328 g/mol. The Morgan fingerprint density at radius 3 is 2.81 bits per heavy atom. The lowest BCUT2D eigenvalue weighted by Gasteiger charge is -2.40. The van der Waals surface area contributed by atoms with Crippen molar-refractivity contribution in [2.45, 2.75) is 57.3 Å². The Hall–Kier alpha value is -2.37. The second-order valence-electron chi connectivity index (χ2n) is 8.70. The van der Waals surface area contributed by atoms with Gasteiger partial charge < -0.3 is 14.9 Å². The maximum absolute atomic E-state index is 12.8. The molecule has 1 aliphatic carbocycles. The number of nitrogens with zero attached hydrogens (tertiary/aromatic N) is 2. The fraction of sp³-hybridized carbons (Fsp3) is 0.550. The Labute approximate surface area is 153 Å². The Morgan fingerprint density at radius 2 is 2.12 bits per heavy atom. The van der Waals surface area contributed by atoms with Crippen LogP contribution in [0.5, 0.6) is 0 Å². The topological polar surface area (TPSA) is 81.8 Å². The van der Waals surface area contributed by atoms with Crippen LogP contribution in [0, 0.1) is 0 Å². The van der Waals surface area contributed by atoms with E-state index in [1.54, 1.807) is 12.4 Å². The highest BCUT2D eigenvalue weighted by Crippen LogP contribution is 2.43. The molecule has 26 heavy (non-hydrogen) atoms. The van der Waals surface area contributed by atoms with Gasteiger partial charge in [-0.1, -0.05) is 20.8 Å². The number of aromatic amines is 2. The molecule has 6 heteroatoms. The minimum atomic E-state index is -0.215. The summed E-state index contributed by atoms with van der Waals surface area (Å²) in [6.45, 7) is 7.58. The largest absolute Gasteiger partial charge is 0.367 e. The predicted octanol–water partition coefficient (Wildman–Crippen LogP) is 2.52. The number of aromatic nitrogens is 3. The number of carbonyl (C=O) groups is 1. The Kier molecular flexibility index (Phi) is 3.82. The van der Waals surface area contributed by atoms with Crippen molar-refractivity contribution in [3.63, 3.8) is 0 Å². The average molecular weight is 354 g/mol. The van der Waals surface area contributed by atoms with E-state index in [0.717, 1.165) is 49.3 Å². The van der Waals surface area contributed by atoms with E-state index in [0.29, 0.717) is 12.1 Å². The minimum Gasteiger partial charge on any atom is -0.367 e. The quantitative estimate of drug-likeness (QED) is 0.825. The van der Waals surface area contributed by atoms with Gasteiger partial charge in [0.2, 0.25) is 0 Å². The van der Waals surface area contributed by atoms with E-state index in [9.17, 15) is 9.59 Å². The van der Waals surface area contributed by atoms with E-state index >= 15 is 0 Å². The number of amides is 1. The zero-order chi connectivity index (χ0) is 18.5. The smallest absolute Gasteiger partial charge is 0.255 e. The third-order valence-electron chi connectivity index (χ3n) is 5.79. The van der Waals surface area contributed by atoms with Crippen molar-refractivity contribution in [3.05, 3.63) is 51.5 Å². The first-order valence-corrected chi connectivity index (χ1v) is 9.36. The average Bonchev–Trinajstić information content (AvgIpc) is 3.23. The molecule has 6 nitrogen and oxygen atoms in total. The van der Waals surface area contributed by atoms with Gasteiger partial charge >= 0.3 is 0 Å². The summed E-state index contributed by atoms with van der Waals surface area (Å²) in [6, 6.07) is 1.81. The van der Waals surface area contributed by atoms with Crippen LogP contribution in [0.4, 0.5) is 0 Å². The number of H-pyrrole nitrogens is 2. The van der Waals surface area contributed by atoms with Gasteiger partial charge in [0.15, 0.2) is 0 Å². The number of hydrogen-bond donors (Lipinski definition) is 2. The number of likely N-dealkylation sites (tertiary alicyclic amines) is 1. The fourth-order valence-corrected chi connectivity index (χ4v) is 4.35. The van der Waals surface area contributed by atoms with Crippen molar-refractivity contribution in [1.29, 1.82) is 0 Å². The first-order valence-electron chi connectivity index (χ1n) is 9.36. The molecule has 138 valence electrons. The van der Waals surface area contributed by atoms with E-state index in [4.69, 9.17) is 4.98 Å². The lowest BCUT2D eigenvalue weighted by atomic mass is 9.77. The fourth-order valence-electron chi connectivity index (χ4n) is 4.35. The molecule has 1 aliphatic heterocycles. The third-order valence-corrected chi connectivity index (χ3v) is 5.79. The molecule has 0 radical (unpaired) electrons. The molecule has 1 fully saturated rings. The molecule has 3 heterocycles. The van der Waals surface area contributed by atoms with E-state index in [1.807, 2.05) is 11.0 Å². The van der Waals surface area contributed by atoms with Gasteiger partial charge in [0.1, 0.15) is 5.82 Å². The number of fused-ring (bicyclic) bond motifs is 2. The Balaban J connectivity index is 1.72. The molecule has 2 N–H and O–H groups in total. The van der Waals surface area contributed by atoms with Gasteiger partial charge in [-0.15, -0.1) is 0 Å². The van der Waals surface area contributed by atoms with Gasteiger partial charge in [-0.2, -0.15) is 0 Å². The summed E-state index contributed by atoms with van der Waals surface area (Å²) in [5, 5.41) is 0. The number of rotatable bonds is 1. The molecule has 1 saturated heterocycles. The number of carbonyl (C=O) groups excluding carboxylic acids is 1. The summed E-state index contributed by atoms with van der Waals surface area (Å²) < 4.78 is 0.